The van der Waals surface area contributed by atoms with Crippen LogP contribution in [0.2, 0.25) is 0 Å². The predicted octanol–water partition coefficient (Wildman–Crippen LogP) is 3.55. The van der Waals surface area contributed by atoms with Crippen molar-refractivity contribution in [2.75, 3.05) is 26.8 Å². The molecule has 0 bridgehead atoms. The van der Waals surface area contributed by atoms with Crippen LogP contribution in [-0.4, -0.2) is 43.7 Å². The second kappa shape index (κ2) is 12.6. The fourth-order valence-electron chi connectivity index (χ4n) is 2.31. The summed E-state index contributed by atoms with van der Waals surface area (Å²) in [6.45, 7) is 7.04. The molecule has 0 amide bonds. The maximum absolute atomic E-state index is 11.9. The van der Waals surface area contributed by atoms with Gasteiger partial charge in [-0.25, -0.2) is 9.78 Å². The minimum absolute atomic E-state index is 0. The zero-order valence-corrected chi connectivity index (χ0v) is 19.7. The van der Waals surface area contributed by atoms with Crippen molar-refractivity contribution < 1.29 is 14.3 Å². The van der Waals surface area contributed by atoms with Gasteiger partial charge in [0.2, 0.25) is 0 Å². The number of hydrogen-bond acceptors (Lipinski definition) is 6. The van der Waals surface area contributed by atoms with Crippen molar-refractivity contribution in [2.24, 2.45) is 4.99 Å². The van der Waals surface area contributed by atoms with Crippen LogP contribution in [0, 0.1) is 6.92 Å². The smallest absolute Gasteiger partial charge is 0.350 e. The first-order chi connectivity index (χ1) is 13.0. The van der Waals surface area contributed by atoms with Crippen molar-refractivity contribution >= 4 is 47.2 Å². The summed E-state index contributed by atoms with van der Waals surface area (Å²) < 4.78 is 10.7. The van der Waals surface area contributed by atoms with Crippen LogP contribution < -0.4 is 15.4 Å². The maximum atomic E-state index is 11.9. The number of aliphatic imine (C=N–C) groups is 1. The highest BCUT2D eigenvalue weighted by molar-refractivity contribution is 14.0. The lowest BCUT2D eigenvalue weighted by atomic mass is 10.3. The Morgan fingerprint density at radius 3 is 2.68 bits per heavy atom. The lowest BCUT2D eigenvalue weighted by Gasteiger charge is -2.16. The second-order valence-electron chi connectivity index (χ2n) is 5.71. The molecule has 154 valence electrons. The third-order valence-electron chi connectivity index (χ3n) is 3.63. The molecule has 1 unspecified atom stereocenters. The quantitative estimate of drug-likeness (QED) is 0.183. The van der Waals surface area contributed by atoms with Crippen molar-refractivity contribution in [3.8, 4) is 5.75 Å². The summed E-state index contributed by atoms with van der Waals surface area (Å²) in [6, 6.07) is 9.56. The maximum Gasteiger partial charge on any atom is 0.350 e. The van der Waals surface area contributed by atoms with E-state index in [2.05, 4.69) is 20.6 Å². The van der Waals surface area contributed by atoms with Gasteiger partial charge in [0.05, 0.1) is 24.9 Å². The summed E-state index contributed by atoms with van der Waals surface area (Å²) in [5.41, 5.74) is 0.682. The van der Waals surface area contributed by atoms with Gasteiger partial charge in [-0.05, 0) is 32.9 Å². The van der Waals surface area contributed by atoms with Crippen LogP contribution in [-0.2, 0) is 4.74 Å². The standard InChI is InChI=1S/C19H26N4O3S.HI/c1-5-25-18(24)16-13(2)22-17(27-16)14(3)23-19(20-4)21-11-12-26-15-9-7-6-8-10-15;/h6-10,14H,5,11-12H2,1-4H3,(H2,20,21,23);1H. The van der Waals surface area contributed by atoms with E-state index in [1.807, 2.05) is 44.2 Å². The fraction of sp³-hybridized carbons (Fsp3) is 0.421. The average Bonchev–Trinajstić information content (AvgIpc) is 3.07. The Bertz CT molecular complexity index is 768. The first-order valence-electron chi connectivity index (χ1n) is 8.84. The summed E-state index contributed by atoms with van der Waals surface area (Å²) in [5.74, 6) is 1.15. The van der Waals surface area contributed by atoms with Gasteiger partial charge in [-0.15, -0.1) is 35.3 Å². The van der Waals surface area contributed by atoms with E-state index in [0.717, 1.165) is 10.8 Å². The predicted molar refractivity (Wildman–Crippen MR) is 123 cm³/mol. The summed E-state index contributed by atoms with van der Waals surface area (Å²) in [4.78, 5) is 21.2. The molecule has 0 spiro atoms. The van der Waals surface area contributed by atoms with E-state index in [9.17, 15) is 4.79 Å². The van der Waals surface area contributed by atoms with E-state index < -0.39 is 0 Å². The molecule has 9 heteroatoms. The highest BCUT2D eigenvalue weighted by Crippen LogP contribution is 2.24. The number of nitrogens with one attached hydrogen (secondary N) is 2. The Hall–Kier alpha value is -1.88. The van der Waals surface area contributed by atoms with Crippen molar-refractivity contribution in [3.63, 3.8) is 0 Å². The molecule has 0 aliphatic carbocycles. The fourth-order valence-corrected chi connectivity index (χ4v) is 3.27. The number of hydrogen-bond donors (Lipinski definition) is 2. The number of thiazole rings is 1. The van der Waals surface area contributed by atoms with E-state index >= 15 is 0 Å². The van der Waals surface area contributed by atoms with Gasteiger partial charge in [0, 0.05) is 7.05 Å². The summed E-state index contributed by atoms with van der Waals surface area (Å²) in [7, 11) is 1.71. The van der Waals surface area contributed by atoms with Gasteiger partial charge in [-0.1, -0.05) is 18.2 Å². The normalized spacial score (nSPS) is 11.9. The topological polar surface area (TPSA) is 84.8 Å². The minimum atomic E-state index is -0.327. The summed E-state index contributed by atoms with van der Waals surface area (Å²) >= 11 is 1.34. The number of benzene rings is 1. The van der Waals surface area contributed by atoms with E-state index in [1.165, 1.54) is 11.3 Å². The number of guanidine groups is 1. The van der Waals surface area contributed by atoms with Crippen molar-refractivity contribution in [2.45, 2.75) is 26.8 Å². The van der Waals surface area contributed by atoms with Gasteiger partial charge in [0.1, 0.15) is 22.2 Å². The Kier molecular flexibility index (Phi) is 10.8. The Morgan fingerprint density at radius 1 is 1.32 bits per heavy atom. The van der Waals surface area contributed by atoms with Crippen LogP contribution in [0.5, 0.6) is 5.75 Å². The third-order valence-corrected chi connectivity index (χ3v) is 4.95. The number of nitrogens with zero attached hydrogens (tertiary/aromatic N) is 2. The van der Waals surface area contributed by atoms with Crippen LogP contribution in [0.3, 0.4) is 0 Å². The molecule has 2 rings (SSSR count). The summed E-state index contributed by atoms with van der Waals surface area (Å²) in [6.07, 6.45) is 0. The lowest BCUT2D eigenvalue weighted by Crippen LogP contribution is -2.40. The molecule has 0 aliphatic heterocycles. The van der Waals surface area contributed by atoms with E-state index in [0.29, 0.717) is 36.3 Å². The van der Waals surface area contributed by atoms with E-state index in [1.54, 1.807) is 14.0 Å². The molecule has 2 aromatic rings. The molecule has 0 saturated carbocycles. The molecule has 0 fully saturated rings. The molecular formula is C19H27IN4O3S. The highest BCUT2D eigenvalue weighted by atomic mass is 127. The molecule has 1 aromatic heterocycles. The average molecular weight is 518 g/mol. The zero-order valence-electron chi connectivity index (χ0n) is 16.5. The molecular weight excluding hydrogens is 491 g/mol. The Balaban J connectivity index is 0.00000392. The number of halogens is 1. The molecule has 1 aromatic carbocycles. The van der Waals surface area contributed by atoms with Gasteiger partial charge < -0.3 is 20.1 Å². The number of carbonyl (C=O) groups is 1. The van der Waals surface area contributed by atoms with Crippen LogP contribution >= 0.6 is 35.3 Å². The monoisotopic (exact) mass is 518 g/mol. The SMILES string of the molecule is CCOC(=O)c1sc(C(C)NC(=NC)NCCOc2ccccc2)nc1C.I. The second-order valence-corrected chi connectivity index (χ2v) is 6.74. The molecule has 1 atom stereocenters. The molecule has 0 saturated heterocycles. The molecule has 28 heavy (non-hydrogen) atoms. The molecule has 7 nitrogen and oxygen atoms in total. The number of rotatable bonds is 8. The summed E-state index contributed by atoms with van der Waals surface area (Å²) in [5, 5.41) is 7.28. The van der Waals surface area contributed by atoms with Crippen LogP contribution in [0.4, 0.5) is 0 Å². The molecule has 0 radical (unpaired) electrons. The number of carbonyl (C=O) groups excluding carboxylic acids is 1. The molecule has 2 N–H and O–H groups in total. The zero-order chi connectivity index (χ0) is 19.6. The highest BCUT2D eigenvalue weighted by Gasteiger charge is 2.20. The molecule has 1 heterocycles. The molecule has 0 aliphatic rings. The largest absolute Gasteiger partial charge is 0.492 e. The van der Waals surface area contributed by atoms with Crippen LogP contribution in [0.25, 0.3) is 0 Å². The Labute approximate surface area is 187 Å². The van der Waals surface area contributed by atoms with Crippen molar-refractivity contribution in [1.82, 2.24) is 15.6 Å². The van der Waals surface area contributed by atoms with Gasteiger partial charge in [-0.3, -0.25) is 4.99 Å². The first kappa shape index (κ1) is 24.2. The van der Waals surface area contributed by atoms with Crippen molar-refractivity contribution in [3.05, 3.63) is 45.9 Å². The minimum Gasteiger partial charge on any atom is -0.492 e. The van der Waals surface area contributed by atoms with Gasteiger partial charge in [-0.2, -0.15) is 0 Å². The lowest BCUT2D eigenvalue weighted by molar-refractivity contribution is 0.0531. The number of esters is 1. The number of para-hydroxylation sites is 1. The number of aryl methyl sites for hydroxylation is 1. The van der Waals surface area contributed by atoms with Gasteiger partial charge >= 0.3 is 5.97 Å². The van der Waals surface area contributed by atoms with E-state index in [4.69, 9.17) is 9.47 Å². The van der Waals surface area contributed by atoms with Crippen LogP contribution in [0.1, 0.15) is 40.3 Å². The number of ether oxygens (including phenoxy) is 2. The Morgan fingerprint density at radius 2 is 2.04 bits per heavy atom. The first-order valence-corrected chi connectivity index (χ1v) is 9.66. The van der Waals surface area contributed by atoms with Crippen molar-refractivity contribution in [1.29, 1.82) is 0 Å². The van der Waals surface area contributed by atoms with Gasteiger partial charge in [0.25, 0.3) is 0 Å². The van der Waals surface area contributed by atoms with Gasteiger partial charge in [0.15, 0.2) is 5.96 Å². The number of aromatic nitrogens is 1. The third kappa shape index (κ3) is 7.27. The van der Waals surface area contributed by atoms with Crippen LogP contribution in [0.15, 0.2) is 35.3 Å². The van der Waals surface area contributed by atoms with E-state index in [-0.39, 0.29) is 36.0 Å².